The van der Waals surface area contributed by atoms with Crippen molar-refractivity contribution in [1.82, 2.24) is 54.6 Å². The number of nitrogens with one attached hydrogen (secondary N) is 3. The summed E-state index contributed by atoms with van der Waals surface area (Å²) in [5.74, 6) is 0.0933. The lowest BCUT2D eigenvalue weighted by Crippen LogP contribution is -2.50. The van der Waals surface area contributed by atoms with Crippen molar-refractivity contribution in [1.29, 1.82) is 0 Å². The minimum Gasteiger partial charge on any atom is -0.505 e. The second kappa shape index (κ2) is 28.3. The van der Waals surface area contributed by atoms with Gasteiger partial charge in [-0.15, -0.1) is 0 Å². The first-order valence-corrected chi connectivity index (χ1v) is 40.7. The van der Waals surface area contributed by atoms with Gasteiger partial charge in [-0.2, -0.15) is 10.2 Å². The van der Waals surface area contributed by atoms with Gasteiger partial charge in [-0.1, -0.05) is 84.9 Å². The number of imidazole rings is 2. The van der Waals surface area contributed by atoms with Crippen molar-refractivity contribution in [3.05, 3.63) is 107 Å². The summed E-state index contributed by atoms with van der Waals surface area (Å²) < 4.78 is 57.2. The quantitative estimate of drug-likeness (QED) is 0.0205. The Bertz CT molecular complexity index is 3540. The van der Waals surface area contributed by atoms with E-state index in [0.717, 1.165) is 103 Å². The average Bonchev–Trinajstić information content (AvgIpc) is 1.88. The number of carbonyl (C=O) groups excluding carboxylic acids is 1. The molecule has 0 saturated carbocycles. The molecule has 1 aliphatic rings. The number of carbonyl (C=O) groups is 1. The third-order valence-electron chi connectivity index (χ3n) is 15.1. The van der Waals surface area contributed by atoms with E-state index in [0.29, 0.717) is 89.6 Å². The molecule has 1 aliphatic heterocycles. The summed E-state index contributed by atoms with van der Waals surface area (Å²) in [5, 5.41) is 27.0. The van der Waals surface area contributed by atoms with E-state index in [-0.39, 0.29) is 24.3 Å². The maximum atomic E-state index is 15.5. The largest absolute Gasteiger partial charge is 0.505 e. The van der Waals surface area contributed by atoms with Crippen LogP contribution in [0.3, 0.4) is 0 Å². The Hall–Kier alpha value is -6.58. The van der Waals surface area contributed by atoms with Gasteiger partial charge in [0.2, 0.25) is 0 Å². The standard InChI is InChI=1S/C37H60FN5O4Si3.C25H28FN7O2/c1-11-28-21-35(47-27-46-16-19-50(8,9)10)33(38)22-32(28)29-12-13-31-34(20-29)43(26-45-15-18-49(5,6)7)41-36(31)37-40-30(23-39)24-42(37)25-44-14-17-48(2,3)4;1-3-15-11-22(34)20(26)12-19(15)16-4-5-18-21(10-16)30-31-23(18)24-27-13-17(29-24)14-28-25(35)33-8-6-32(2)7-9-33/h12-13,20-22,24H,11,14-19,23,25-27,39H2,1-10H3;4-5,10-13,34H,3,6-9,14H2,1-2H3,(H,27,29)(H,28,35)(H,30,31). The molecule has 18 nitrogen and oxygen atoms in total. The Labute approximate surface area is 501 Å². The molecule has 0 atom stereocenters. The molecule has 1 fully saturated rings. The lowest BCUT2D eigenvalue weighted by molar-refractivity contribution is 0.0197. The van der Waals surface area contributed by atoms with Crippen molar-refractivity contribution >= 4 is 52.1 Å². The number of phenolic OH excluding ortho intramolecular Hbond substituents is 1. The van der Waals surface area contributed by atoms with Gasteiger partial charge in [-0.25, -0.2) is 28.2 Å². The highest BCUT2D eigenvalue weighted by molar-refractivity contribution is 6.76. The number of ether oxygens (including phenoxy) is 4. The third-order valence-corrected chi connectivity index (χ3v) is 20.2. The molecule has 458 valence electrons. The Morgan fingerprint density at radius 1 is 0.753 bits per heavy atom. The van der Waals surface area contributed by atoms with Gasteiger partial charge in [0.1, 0.15) is 24.8 Å². The number of aryl methyl sites for hydroxylation is 2. The second-order valence-corrected chi connectivity index (χ2v) is 42.5. The van der Waals surface area contributed by atoms with E-state index < -0.39 is 35.9 Å². The zero-order chi connectivity index (χ0) is 61.2. The van der Waals surface area contributed by atoms with Gasteiger partial charge < -0.3 is 54.5 Å². The van der Waals surface area contributed by atoms with E-state index in [1.54, 1.807) is 18.3 Å². The molecule has 85 heavy (non-hydrogen) atoms. The van der Waals surface area contributed by atoms with Gasteiger partial charge in [0.25, 0.3) is 0 Å². The van der Waals surface area contributed by atoms with Crippen LogP contribution in [0.2, 0.25) is 77.1 Å². The predicted octanol–water partition coefficient (Wildman–Crippen LogP) is 12.5. The number of nitrogens with two attached hydrogens (primary N) is 1. The number of aromatic nitrogens is 8. The second-order valence-electron chi connectivity index (χ2n) is 25.6. The summed E-state index contributed by atoms with van der Waals surface area (Å²) in [6.07, 6.45) is 5.02. The fourth-order valence-electron chi connectivity index (χ4n) is 9.74. The van der Waals surface area contributed by atoms with Crippen LogP contribution in [0.4, 0.5) is 13.6 Å². The summed E-state index contributed by atoms with van der Waals surface area (Å²) in [7, 11) is -1.66. The van der Waals surface area contributed by atoms with Crippen LogP contribution in [0.25, 0.3) is 67.1 Å². The number of hydrogen-bond donors (Lipinski definition) is 5. The number of H-pyrrole nitrogens is 2. The number of fused-ring (bicyclic) bond motifs is 2. The summed E-state index contributed by atoms with van der Waals surface area (Å²) in [6.45, 7) is 31.5. The number of aromatic amines is 2. The first-order chi connectivity index (χ1) is 40.4. The van der Waals surface area contributed by atoms with Crippen LogP contribution in [0.1, 0.15) is 36.4 Å². The molecular formula is C62H88F2N12O6Si3. The number of halogens is 2. The topological polar surface area (TPSA) is 212 Å². The first-order valence-electron chi connectivity index (χ1n) is 29.6. The smallest absolute Gasteiger partial charge is 0.317 e. The van der Waals surface area contributed by atoms with E-state index >= 15 is 4.39 Å². The number of benzene rings is 4. The van der Waals surface area contributed by atoms with Crippen molar-refractivity contribution in [3.63, 3.8) is 0 Å². The zero-order valence-electron chi connectivity index (χ0n) is 51.8. The first kappa shape index (κ1) is 64.4. The number of nitrogens with zero attached hydrogens (tertiary/aromatic N) is 8. The zero-order valence-corrected chi connectivity index (χ0v) is 54.8. The van der Waals surface area contributed by atoms with Gasteiger partial charge in [0, 0.05) is 93.7 Å². The van der Waals surface area contributed by atoms with Gasteiger partial charge >= 0.3 is 6.03 Å². The van der Waals surface area contributed by atoms with Crippen molar-refractivity contribution in [3.8, 4) is 56.8 Å². The Morgan fingerprint density at radius 3 is 2.01 bits per heavy atom. The monoisotopic (exact) mass is 1220 g/mol. The van der Waals surface area contributed by atoms with Gasteiger partial charge in [0.05, 0.1) is 35.2 Å². The number of hydrogen-bond acceptors (Lipinski definition) is 12. The van der Waals surface area contributed by atoms with Gasteiger partial charge in [-0.3, -0.25) is 5.10 Å². The van der Waals surface area contributed by atoms with Gasteiger partial charge in [0.15, 0.2) is 41.6 Å². The number of likely N-dealkylation sites (N-methyl/N-ethyl adjacent to an activating group) is 1. The molecule has 0 unspecified atom stereocenters. The molecule has 1 saturated heterocycles. The van der Waals surface area contributed by atoms with Crippen molar-refractivity contribution in [2.45, 2.75) is 130 Å². The van der Waals surface area contributed by atoms with Crippen LogP contribution in [0, 0.1) is 11.6 Å². The number of piperazine rings is 1. The third kappa shape index (κ3) is 17.3. The highest BCUT2D eigenvalue weighted by Gasteiger charge is 2.24. The normalized spacial score (nSPS) is 13.5. The molecule has 8 aromatic rings. The molecule has 5 heterocycles. The summed E-state index contributed by atoms with van der Waals surface area (Å²) in [4.78, 5) is 29.0. The van der Waals surface area contributed by atoms with E-state index in [4.69, 9.17) is 34.8 Å². The fraction of sp³-hybridized carbons (Fsp3) is 0.468. The summed E-state index contributed by atoms with van der Waals surface area (Å²) >= 11 is 0. The molecule has 0 aliphatic carbocycles. The molecule has 0 bridgehead atoms. The van der Waals surface area contributed by atoms with Crippen LogP contribution < -0.4 is 15.8 Å². The van der Waals surface area contributed by atoms with Gasteiger partial charge in [-0.05, 0) is 120 Å². The van der Waals surface area contributed by atoms with Crippen LogP contribution in [0.15, 0.2) is 73.1 Å². The van der Waals surface area contributed by atoms with E-state index in [1.165, 1.54) is 12.1 Å². The maximum Gasteiger partial charge on any atom is 0.317 e. The number of phenols is 1. The maximum absolute atomic E-state index is 15.5. The molecule has 4 aromatic heterocycles. The number of aromatic hydroxyl groups is 1. The fourth-order valence-corrected chi connectivity index (χ4v) is 12.0. The molecule has 4 aromatic carbocycles. The molecule has 2 amide bonds. The Morgan fingerprint density at radius 2 is 1.36 bits per heavy atom. The number of amides is 2. The Kier molecular flexibility index (Phi) is 21.4. The van der Waals surface area contributed by atoms with E-state index in [2.05, 4.69) is 109 Å². The van der Waals surface area contributed by atoms with E-state index in [9.17, 15) is 14.3 Å². The number of rotatable bonds is 25. The molecule has 9 rings (SSSR count). The summed E-state index contributed by atoms with van der Waals surface area (Å²) in [5.41, 5.74) is 15.8. The Balaban J connectivity index is 0.000000235. The van der Waals surface area contributed by atoms with Crippen molar-refractivity contribution in [2.24, 2.45) is 5.73 Å². The minimum atomic E-state index is -1.27. The van der Waals surface area contributed by atoms with Crippen LogP contribution in [0.5, 0.6) is 11.5 Å². The van der Waals surface area contributed by atoms with E-state index in [1.807, 2.05) is 57.6 Å². The lowest BCUT2D eigenvalue weighted by atomic mass is 9.96. The highest BCUT2D eigenvalue weighted by atomic mass is 28.3. The number of urea groups is 1. The highest BCUT2D eigenvalue weighted by Crippen LogP contribution is 2.37. The van der Waals surface area contributed by atoms with Crippen molar-refractivity contribution < 1.29 is 37.6 Å². The minimum absolute atomic E-state index is 0.0283. The predicted molar refractivity (Wildman–Crippen MR) is 343 cm³/mol. The van der Waals surface area contributed by atoms with Crippen LogP contribution in [-0.4, -0.2) is 144 Å². The summed E-state index contributed by atoms with van der Waals surface area (Å²) in [6, 6.07) is 21.2. The molecule has 23 heteroatoms. The molecular weight excluding hydrogens is 1130 g/mol. The lowest BCUT2D eigenvalue weighted by Gasteiger charge is -2.32. The SMILES string of the molecule is CCc1cc(O)c(F)cc1-c1ccc2c(-c3ncc(CNC(=O)N4CCN(C)CC4)[nH]3)n[nH]c2c1.CCc1cc(OCOCC[Si](C)(C)C)c(F)cc1-c1ccc2c(-c3nc(CN)cn3COCC[Si](C)(C)C)nn(COCC[Si](C)(C)C)c2c1. The van der Waals surface area contributed by atoms with Crippen LogP contribution >= 0.6 is 0 Å². The van der Waals surface area contributed by atoms with Crippen LogP contribution in [-0.2, 0) is 53.6 Å². The average molecular weight is 1220 g/mol. The molecule has 0 spiro atoms. The van der Waals surface area contributed by atoms with Crippen molar-refractivity contribution in [2.75, 3.05) is 59.8 Å². The molecule has 6 N–H and O–H groups in total. The molecule has 0 radical (unpaired) electrons.